The maximum atomic E-state index is 6.84. The van der Waals surface area contributed by atoms with Gasteiger partial charge in [0.15, 0.2) is 0 Å². The second-order valence-electron chi connectivity index (χ2n) is 6.98. The number of nitrogens with two attached hydrogens (primary N) is 1. The van der Waals surface area contributed by atoms with Gasteiger partial charge in [0.05, 0.1) is 6.61 Å². The second-order valence-corrected chi connectivity index (χ2v) is 6.98. The van der Waals surface area contributed by atoms with Gasteiger partial charge in [0, 0.05) is 17.5 Å². The van der Waals surface area contributed by atoms with Crippen molar-refractivity contribution >= 4 is 0 Å². The number of para-hydroxylation sites is 1. The molecular weight excluding hydrogens is 246 g/mol. The third-order valence-electron chi connectivity index (χ3n) is 5.35. The summed E-state index contributed by atoms with van der Waals surface area (Å²) in [6.45, 7) is 5.51. The minimum atomic E-state index is -0.181. The predicted molar refractivity (Wildman–Crippen MR) is 82.9 cm³/mol. The van der Waals surface area contributed by atoms with Gasteiger partial charge in [-0.15, -0.1) is 0 Å². The fourth-order valence-electron chi connectivity index (χ4n) is 3.94. The van der Waals surface area contributed by atoms with Crippen molar-refractivity contribution in [2.24, 2.45) is 17.6 Å². The first kappa shape index (κ1) is 13.9. The zero-order chi connectivity index (χ0) is 14.2. The average molecular weight is 273 g/mol. The van der Waals surface area contributed by atoms with E-state index in [1.165, 1.54) is 30.4 Å². The summed E-state index contributed by atoms with van der Waals surface area (Å²) in [6, 6.07) is 6.53. The molecule has 2 aliphatic rings. The lowest BCUT2D eigenvalue weighted by Gasteiger charge is -2.30. The van der Waals surface area contributed by atoms with E-state index >= 15 is 0 Å². The van der Waals surface area contributed by atoms with Gasteiger partial charge < -0.3 is 10.5 Å². The first-order valence-electron chi connectivity index (χ1n) is 8.14. The van der Waals surface area contributed by atoms with Gasteiger partial charge in [-0.05, 0) is 36.7 Å². The van der Waals surface area contributed by atoms with Gasteiger partial charge in [0.1, 0.15) is 5.75 Å². The van der Waals surface area contributed by atoms with Gasteiger partial charge in [-0.3, -0.25) is 0 Å². The third kappa shape index (κ3) is 2.46. The molecule has 2 N–H and O–H groups in total. The van der Waals surface area contributed by atoms with Gasteiger partial charge in [0.25, 0.3) is 0 Å². The Balaban J connectivity index is 1.87. The molecule has 110 valence electrons. The van der Waals surface area contributed by atoms with Gasteiger partial charge in [-0.25, -0.2) is 0 Å². The molecule has 1 heterocycles. The molecule has 20 heavy (non-hydrogen) atoms. The predicted octanol–water partition coefficient (Wildman–Crippen LogP) is 4.01. The second kappa shape index (κ2) is 5.40. The fraction of sp³-hybridized carbons (Fsp3) is 0.667. The van der Waals surface area contributed by atoms with Crippen LogP contribution in [0.4, 0.5) is 0 Å². The molecule has 0 saturated heterocycles. The molecule has 1 aromatic carbocycles. The van der Waals surface area contributed by atoms with Gasteiger partial charge in [0.2, 0.25) is 0 Å². The molecular formula is C18H27NO. The summed E-state index contributed by atoms with van der Waals surface area (Å²) in [4.78, 5) is 0. The summed E-state index contributed by atoms with van der Waals surface area (Å²) in [7, 11) is 0. The minimum absolute atomic E-state index is 0.181. The van der Waals surface area contributed by atoms with Crippen molar-refractivity contribution in [1.29, 1.82) is 0 Å². The van der Waals surface area contributed by atoms with Crippen molar-refractivity contribution in [2.45, 2.75) is 57.9 Å². The Kier molecular flexibility index (Phi) is 3.76. The monoisotopic (exact) mass is 273 g/mol. The van der Waals surface area contributed by atoms with E-state index in [0.717, 1.165) is 43.5 Å². The Morgan fingerprint density at radius 2 is 2.10 bits per heavy atom. The molecule has 1 fully saturated rings. The minimum Gasteiger partial charge on any atom is -0.493 e. The van der Waals surface area contributed by atoms with E-state index in [1.807, 2.05) is 0 Å². The molecule has 1 aliphatic heterocycles. The highest BCUT2D eigenvalue weighted by atomic mass is 16.5. The van der Waals surface area contributed by atoms with Crippen molar-refractivity contribution in [2.75, 3.05) is 6.61 Å². The molecule has 0 bridgehead atoms. The van der Waals surface area contributed by atoms with E-state index in [-0.39, 0.29) is 5.54 Å². The van der Waals surface area contributed by atoms with Crippen LogP contribution in [-0.2, 0) is 12.0 Å². The van der Waals surface area contributed by atoms with Crippen molar-refractivity contribution in [1.82, 2.24) is 0 Å². The van der Waals surface area contributed by atoms with Crippen molar-refractivity contribution < 1.29 is 4.74 Å². The highest BCUT2D eigenvalue weighted by Crippen LogP contribution is 2.43. The summed E-state index contributed by atoms with van der Waals surface area (Å²) in [6.07, 6.45) is 7.03. The van der Waals surface area contributed by atoms with Crippen LogP contribution in [0.15, 0.2) is 18.2 Å². The van der Waals surface area contributed by atoms with Crippen molar-refractivity contribution in [3.8, 4) is 5.75 Å². The third-order valence-corrected chi connectivity index (χ3v) is 5.35. The summed E-state index contributed by atoms with van der Waals surface area (Å²) in [5.74, 6) is 2.70. The van der Waals surface area contributed by atoms with Crippen molar-refractivity contribution in [3.63, 3.8) is 0 Å². The molecule has 2 nitrogen and oxygen atoms in total. The maximum absolute atomic E-state index is 6.84. The number of rotatable bonds is 2. The Hall–Kier alpha value is -1.02. The van der Waals surface area contributed by atoms with E-state index in [1.54, 1.807) is 0 Å². The van der Waals surface area contributed by atoms with Crippen LogP contribution in [0.25, 0.3) is 0 Å². The molecule has 0 radical (unpaired) electrons. The standard InChI is InChI=1S/C18H27NO/c1-13(2)14-6-4-10-18(19,11-8-14)16-7-3-5-15-9-12-20-17(15)16/h3,5,7,13-14H,4,6,8-12,19H2,1-2H3. The lowest BCUT2D eigenvalue weighted by Crippen LogP contribution is -2.36. The molecule has 0 amide bonds. The maximum Gasteiger partial charge on any atom is 0.127 e. The van der Waals surface area contributed by atoms with Crippen molar-refractivity contribution in [3.05, 3.63) is 29.3 Å². The van der Waals surface area contributed by atoms with Gasteiger partial charge in [-0.2, -0.15) is 0 Å². The Bertz CT molecular complexity index is 482. The summed E-state index contributed by atoms with van der Waals surface area (Å²) in [5, 5.41) is 0. The lowest BCUT2D eigenvalue weighted by atomic mass is 9.81. The van der Waals surface area contributed by atoms with E-state index in [4.69, 9.17) is 10.5 Å². The number of benzene rings is 1. The Morgan fingerprint density at radius 3 is 2.90 bits per heavy atom. The van der Waals surface area contributed by atoms with Crippen LogP contribution in [-0.4, -0.2) is 6.61 Å². The van der Waals surface area contributed by atoms with E-state index in [9.17, 15) is 0 Å². The molecule has 1 aliphatic carbocycles. The van der Waals surface area contributed by atoms with Crippen LogP contribution in [0.3, 0.4) is 0 Å². The van der Waals surface area contributed by atoms with Crippen LogP contribution in [0.5, 0.6) is 5.75 Å². The molecule has 1 aromatic rings. The first-order valence-corrected chi connectivity index (χ1v) is 8.14. The quantitative estimate of drug-likeness (QED) is 0.826. The Labute approximate surface area is 122 Å². The summed E-state index contributed by atoms with van der Waals surface area (Å²) < 4.78 is 5.88. The smallest absolute Gasteiger partial charge is 0.127 e. The molecule has 2 heteroatoms. The van der Waals surface area contributed by atoms with E-state index < -0.39 is 0 Å². The zero-order valence-corrected chi connectivity index (χ0v) is 12.8. The Morgan fingerprint density at radius 1 is 1.25 bits per heavy atom. The lowest BCUT2D eigenvalue weighted by molar-refractivity contribution is 0.310. The highest BCUT2D eigenvalue weighted by molar-refractivity contribution is 5.47. The zero-order valence-electron chi connectivity index (χ0n) is 12.8. The number of fused-ring (bicyclic) bond motifs is 1. The first-order chi connectivity index (χ1) is 9.60. The SMILES string of the molecule is CC(C)C1CCCC(N)(c2cccc3c2OCC3)CC1. The summed E-state index contributed by atoms with van der Waals surface area (Å²) >= 11 is 0. The van der Waals surface area contributed by atoms with Crippen LogP contribution in [0.1, 0.15) is 57.1 Å². The van der Waals surface area contributed by atoms with Gasteiger partial charge >= 0.3 is 0 Å². The summed E-state index contributed by atoms with van der Waals surface area (Å²) in [5.41, 5.74) is 9.26. The van der Waals surface area contributed by atoms with Crippen LogP contribution < -0.4 is 10.5 Å². The largest absolute Gasteiger partial charge is 0.493 e. The molecule has 2 unspecified atom stereocenters. The van der Waals surface area contributed by atoms with E-state index in [2.05, 4.69) is 32.0 Å². The molecule has 2 atom stereocenters. The molecule has 3 rings (SSSR count). The number of hydrogen-bond acceptors (Lipinski definition) is 2. The fourth-order valence-corrected chi connectivity index (χ4v) is 3.94. The number of hydrogen-bond donors (Lipinski definition) is 1. The van der Waals surface area contributed by atoms with Crippen LogP contribution >= 0.6 is 0 Å². The topological polar surface area (TPSA) is 35.2 Å². The average Bonchev–Trinajstić information content (AvgIpc) is 2.81. The van der Waals surface area contributed by atoms with Crippen LogP contribution in [0, 0.1) is 11.8 Å². The molecule has 0 spiro atoms. The number of ether oxygens (including phenoxy) is 1. The van der Waals surface area contributed by atoms with E-state index in [0.29, 0.717) is 0 Å². The normalized spacial score (nSPS) is 29.9. The van der Waals surface area contributed by atoms with Crippen LogP contribution in [0.2, 0.25) is 0 Å². The molecule has 1 saturated carbocycles. The molecule has 0 aromatic heterocycles. The highest BCUT2D eigenvalue weighted by Gasteiger charge is 2.35. The van der Waals surface area contributed by atoms with Gasteiger partial charge in [-0.1, -0.05) is 44.9 Å².